The molecule has 7 heteroatoms. The lowest BCUT2D eigenvalue weighted by Crippen LogP contribution is -2.19. The number of ether oxygens (including phenoxy) is 1. The normalized spacial score (nSPS) is 11.3. The molecule has 0 radical (unpaired) electrons. The van der Waals surface area contributed by atoms with Gasteiger partial charge in [0.1, 0.15) is 5.75 Å². The van der Waals surface area contributed by atoms with Gasteiger partial charge in [-0.2, -0.15) is 5.10 Å². The Hall–Kier alpha value is -3.22. The Labute approximate surface area is 158 Å². The third kappa shape index (κ3) is 6.22. The van der Waals surface area contributed by atoms with E-state index < -0.39 is 4.92 Å². The van der Waals surface area contributed by atoms with Crippen LogP contribution in [0, 0.1) is 16.0 Å². The van der Waals surface area contributed by atoms with Crippen LogP contribution in [0.15, 0.2) is 53.6 Å². The van der Waals surface area contributed by atoms with Crippen LogP contribution >= 0.6 is 0 Å². The largest absolute Gasteiger partial charge is 0.494 e. The van der Waals surface area contributed by atoms with Gasteiger partial charge in [-0.25, -0.2) is 5.43 Å². The highest BCUT2D eigenvalue weighted by Gasteiger charge is 2.09. The van der Waals surface area contributed by atoms with E-state index in [1.165, 1.54) is 12.1 Å². The van der Waals surface area contributed by atoms with Crippen LogP contribution in [0.2, 0.25) is 0 Å². The van der Waals surface area contributed by atoms with Gasteiger partial charge in [-0.3, -0.25) is 14.9 Å². The summed E-state index contributed by atoms with van der Waals surface area (Å²) in [6.07, 6.45) is 0.966. The van der Waals surface area contributed by atoms with Crippen LogP contribution in [0.3, 0.4) is 0 Å². The number of nitrogens with zero attached hydrogens (tertiary/aromatic N) is 2. The topological polar surface area (TPSA) is 93.8 Å². The number of carbonyl (C=O) groups excluding carboxylic acids is 1. The summed E-state index contributed by atoms with van der Waals surface area (Å²) in [6, 6.07) is 12.9. The zero-order chi connectivity index (χ0) is 19.8. The third-order valence-corrected chi connectivity index (χ3v) is 3.88. The van der Waals surface area contributed by atoms with E-state index in [-0.39, 0.29) is 11.6 Å². The van der Waals surface area contributed by atoms with Crippen molar-refractivity contribution in [2.45, 2.75) is 27.2 Å². The molecule has 0 saturated carbocycles. The van der Waals surface area contributed by atoms with Crippen molar-refractivity contribution in [3.05, 3.63) is 69.8 Å². The van der Waals surface area contributed by atoms with Crippen LogP contribution in [0.5, 0.6) is 5.75 Å². The number of rotatable bonds is 8. The van der Waals surface area contributed by atoms with Crippen LogP contribution in [-0.2, 0) is 0 Å². The van der Waals surface area contributed by atoms with Crippen LogP contribution in [-0.4, -0.2) is 23.1 Å². The van der Waals surface area contributed by atoms with E-state index >= 15 is 0 Å². The number of non-ortho nitro benzene ring substituents is 1. The number of hydrogen-bond acceptors (Lipinski definition) is 5. The Morgan fingerprint density at radius 3 is 2.52 bits per heavy atom. The molecule has 0 aliphatic rings. The predicted octanol–water partition coefficient (Wildman–Crippen LogP) is 4.17. The van der Waals surface area contributed by atoms with Crippen molar-refractivity contribution >= 4 is 17.3 Å². The quantitative estimate of drug-likeness (QED) is 0.429. The molecule has 7 nitrogen and oxygen atoms in total. The smallest absolute Gasteiger partial charge is 0.271 e. The molecule has 0 aliphatic carbocycles. The molecule has 0 unspecified atom stereocenters. The van der Waals surface area contributed by atoms with E-state index in [2.05, 4.69) is 24.4 Å². The third-order valence-electron chi connectivity index (χ3n) is 3.88. The fourth-order valence-corrected chi connectivity index (χ4v) is 2.22. The first-order valence-corrected chi connectivity index (χ1v) is 8.69. The molecule has 0 bridgehead atoms. The summed E-state index contributed by atoms with van der Waals surface area (Å²) in [5.74, 6) is 0.916. The maximum absolute atomic E-state index is 12.2. The highest BCUT2D eigenvalue weighted by atomic mass is 16.6. The second-order valence-electron chi connectivity index (χ2n) is 6.50. The molecular weight excluding hydrogens is 346 g/mol. The number of nitro groups is 1. The van der Waals surface area contributed by atoms with E-state index in [1.54, 1.807) is 43.3 Å². The molecule has 0 spiro atoms. The maximum Gasteiger partial charge on any atom is 0.271 e. The first-order valence-electron chi connectivity index (χ1n) is 8.69. The number of carbonyl (C=O) groups is 1. The predicted molar refractivity (Wildman–Crippen MR) is 104 cm³/mol. The summed E-state index contributed by atoms with van der Waals surface area (Å²) in [4.78, 5) is 22.6. The highest BCUT2D eigenvalue weighted by Crippen LogP contribution is 2.15. The Bertz CT molecular complexity index is 829. The maximum atomic E-state index is 12.2. The fraction of sp³-hybridized carbons (Fsp3) is 0.300. The van der Waals surface area contributed by atoms with Crippen molar-refractivity contribution < 1.29 is 14.5 Å². The van der Waals surface area contributed by atoms with Crippen LogP contribution in [0.25, 0.3) is 0 Å². The molecule has 27 heavy (non-hydrogen) atoms. The first-order chi connectivity index (χ1) is 12.9. The Kier molecular flexibility index (Phi) is 7.05. The van der Waals surface area contributed by atoms with Gasteiger partial charge in [0, 0.05) is 23.3 Å². The molecule has 142 valence electrons. The van der Waals surface area contributed by atoms with Crippen LogP contribution in [0.4, 0.5) is 5.69 Å². The average Bonchev–Trinajstić information content (AvgIpc) is 2.66. The summed E-state index contributed by atoms with van der Waals surface area (Å²) < 4.78 is 5.62. The molecular formula is C20H23N3O4. The second-order valence-corrected chi connectivity index (χ2v) is 6.50. The number of benzene rings is 2. The van der Waals surface area contributed by atoms with Gasteiger partial charge in [-0.15, -0.1) is 0 Å². The number of nitro benzene ring substituents is 1. The number of nitrogens with one attached hydrogen (secondary N) is 1. The van der Waals surface area contributed by atoms with Crippen molar-refractivity contribution in [2.24, 2.45) is 11.0 Å². The fourth-order valence-electron chi connectivity index (χ4n) is 2.22. The van der Waals surface area contributed by atoms with Gasteiger partial charge in [-0.05, 0) is 43.5 Å². The Balaban J connectivity index is 1.97. The van der Waals surface area contributed by atoms with Gasteiger partial charge in [0.2, 0.25) is 0 Å². The molecule has 2 rings (SSSR count). The molecule has 0 fully saturated rings. The van der Waals surface area contributed by atoms with Crippen molar-refractivity contribution in [3.8, 4) is 5.75 Å². The molecule has 2 aromatic rings. The molecule has 1 amide bonds. The standard InChI is InChI=1S/C20H23N3O4/c1-14(2)11-12-27-19-9-7-16(8-10-19)20(24)22-21-15(3)17-5-4-6-18(13-17)23(25)26/h4-10,13-14H,11-12H2,1-3H3,(H,22,24)/b21-15+. The lowest BCUT2D eigenvalue weighted by Gasteiger charge is -2.08. The number of amides is 1. The SMILES string of the molecule is C/C(=N\NC(=O)c1ccc(OCCC(C)C)cc1)c1cccc([N+](=O)[O-])c1. The lowest BCUT2D eigenvalue weighted by atomic mass is 10.1. The molecule has 0 atom stereocenters. The highest BCUT2D eigenvalue weighted by molar-refractivity contribution is 6.01. The van der Waals surface area contributed by atoms with Gasteiger partial charge >= 0.3 is 0 Å². The van der Waals surface area contributed by atoms with Crippen LogP contribution < -0.4 is 10.2 Å². The van der Waals surface area contributed by atoms with Crippen molar-refractivity contribution in [1.82, 2.24) is 5.43 Å². The first kappa shape index (κ1) is 20.1. The zero-order valence-corrected chi connectivity index (χ0v) is 15.6. The van der Waals surface area contributed by atoms with Crippen LogP contribution in [0.1, 0.15) is 43.1 Å². The minimum absolute atomic E-state index is 0.0265. The molecule has 0 saturated heterocycles. The zero-order valence-electron chi connectivity index (χ0n) is 15.6. The number of hydrazone groups is 1. The molecule has 0 aliphatic heterocycles. The summed E-state index contributed by atoms with van der Waals surface area (Å²) in [7, 11) is 0. The average molecular weight is 369 g/mol. The van der Waals surface area contributed by atoms with E-state index in [0.717, 1.165) is 6.42 Å². The Morgan fingerprint density at radius 2 is 1.89 bits per heavy atom. The van der Waals surface area contributed by atoms with Gasteiger partial charge in [0.25, 0.3) is 11.6 Å². The summed E-state index contributed by atoms with van der Waals surface area (Å²) in [5.41, 5.74) is 3.92. The summed E-state index contributed by atoms with van der Waals surface area (Å²) in [5, 5.41) is 14.9. The molecule has 0 aromatic heterocycles. The second kappa shape index (κ2) is 9.47. The van der Waals surface area contributed by atoms with Crippen molar-refractivity contribution in [1.29, 1.82) is 0 Å². The van der Waals surface area contributed by atoms with Gasteiger partial charge < -0.3 is 4.74 Å². The minimum atomic E-state index is -0.472. The Morgan fingerprint density at radius 1 is 1.19 bits per heavy atom. The van der Waals surface area contributed by atoms with Gasteiger partial charge in [0.15, 0.2) is 0 Å². The van der Waals surface area contributed by atoms with E-state index in [9.17, 15) is 14.9 Å². The summed E-state index contributed by atoms with van der Waals surface area (Å²) >= 11 is 0. The van der Waals surface area contributed by atoms with E-state index in [0.29, 0.717) is 35.1 Å². The number of hydrogen-bond donors (Lipinski definition) is 1. The van der Waals surface area contributed by atoms with E-state index in [4.69, 9.17) is 4.74 Å². The van der Waals surface area contributed by atoms with Crippen molar-refractivity contribution in [2.75, 3.05) is 6.61 Å². The summed E-state index contributed by atoms with van der Waals surface area (Å²) in [6.45, 7) is 6.57. The lowest BCUT2D eigenvalue weighted by molar-refractivity contribution is -0.384. The minimum Gasteiger partial charge on any atom is -0.494 e. The van der Waals surface area contributed by atoms with Gasteiger partial charge in [-0.1, -0.05) is 26.0 Å². The van der Waals surface area contributed by atoms with E-state index in [1.807, 2.05) is 0 Å². The van der Waals surface area contributed by atoms with Crippen molar-refractivity contribution in [3.63, 3.8) is 0 Å². The molecule has 0 heterocycles. The van der Waals surface area contributed by atoms with Gasteiger partial charge in [0.05, 0.1) is 17.2 Å². The molecule has 1 N–H and O–H groups in total. The molecule has 2 aromatic carbocycles. The monoisotopic (exact) mass is 369 g/mol.